The van der Waals surface area contributed by atoms with E-state index in [4.69, 9.17) is 0 Å². The summed E-state index contributed by atoms with van der Waals surface area (Å²) in [6, 6.07) is 10.4. The van der Waals surface area contributed by atoms with Crippen LogP contribution >= 0.6 is 0 Å². The van der Waals surface area contributed by atoms with Gasteiger partial charge in [0, 0.05) is 12.7 Å². The van der Waals surface area contributed by atoms with Crippen molar-refractivity contribution in [1.82, 2.24) is 5.32 Å². The van der Waals surface area contributed by atoms with E-state index in [2.05, 4.69) is 55.6 Å². The van der Waals surface area contributed by atoms with Gasteiger partial charge in [-0.05, 0) is 31.1 Å². The van der Waals surface area contributed by atoms with Crippen molar-refractivity contribution in [2.45, 2.75) is 27.7 Å². The summed E-state index contributed by atoms with van der Waals surface area (Å²) >= 11 is 0. The first-order valence-electron chi connectivity index (χ1n) is 5.82. The largest absolute Gasteiger partial charge is 0.392 e. The van der Waals surface area contributed by atoms with E-state index in [1.54, 1.807) is 0 Å². The topological polar surface area (TPSA) is 12.0 Å². The Kier molecular flexibility index (Phi) is 7.96. The maximum atomic E-state index is 3.09. The van der Waals surface area contributed by atoms with Crippen molar-refractivity contribution >= 4 is 5.57 Å². The highest BCUT2D eigenvalue weighted by Gasteiger charge is 1.91. The molecule has 1 rings (SSSR count). The van der Waals surface area contributed by atoms with Crippen LogP contribution in [0.3, 0.4) is 0 Å². The van der Waals surface area contributed by atoms with Gasteiger partial charge in [0.1, 0.15) is 0 Å². The molecular weight excluding hydrogens is 194 g/mol. The molecule has 0 amide bonds. The number of rotatable bonds is 3. The SMILES string of the molecule is CC.CN/C(C)=C\C=C(/C)c1ccccc1. The van der Waals surface area contributed by atoms with Gasteiger partial charge in [-0.2, -0.15) is 0 Å². The Bertz CT molecular complexity index is 334. The van der Waals surface area contributed by atoms with E-state index in [-0.39, 0.29) is 0 Å². The Hall–Kier alpha value is -1.50. The molecule has 0 aromatic heterocycles. The molecule has 0 radical (unpaired) electrons. The van der Waals surface area contributed by atoms with Crippen molar-refractivity contribution < 1.29 is 0 Å². The molecule has 16 heavy (non-hydrogen) atoms. The molecule has 0 unspecified atom stereocenters. The average molecular weight is 217 g/mol. The summed E-state index contributed by atoms with van der Waals surface area (Å²) in [5, 5.41) is 3.09. The van der Waals surface area contributed by atoms with Crippen LogP contribution in [0.25, 0.3) is 5.57 Å². The molecule has 1 N–H and O–H groups in total. The fourth-order valence-corrected chi connectivity index (χ4v) is 1.13. The standard InChI is InChI=1S/C13H17N.C2H6/c1-11(9-10-12(2)14-3)13-7-5-4-6-8-13;1-2/h4-10,14H,1-3H3;1-2H3/b11-9+,12-10-;. The zero-order valence-electron chi connectivity index (χ0n) is 11.0. The third-order valence-corrected chi connectivity index (χ3v) is 2.21. The van der Waals surface area contributed by atoms with Gasteiger partial charge in [-0.1, -0.05) is 50.3 Å². The highest BCUT2D eigenvalue weighted by atomic mass is 14.8. The maximum absolute atomic E-state index is 3.09. The van der Waals surface area contributed by atoms with Crippen LogP contribution in [0.4, 0.5) is 0 Å². The van der Waals surface area contributed by atoms with Crippen molar-refractivity contribution in [2.75, 3.05) is 7.05 Å². The lowest BCUT2D eigenvalue weighted by Gasteiger charge is -2.00. The molecule has 1 nitrogen and oxygen atoms in total. The van der Waals surface area contributed by atoms with Crippen LogP contribution in [0.15, 0.2) is 48.2 Å². The summed E-state index contributed by atoms with van der Waals surface area (Å²) in [5.41, 5.74) is 3.72. The van der Waals surface area contributed by atoms with Crippen LogP contribution in [-0.2, 0) is 0 Å². The molecule has 0 heterocycles. The van der Waals surface area contributed by atoms with E-state index in [1.165, 1.54) is 16.8 Å². The summed E-state index contributed by atoms with van der Waals surface area (Å²) in [4.78, 5) is 0. The van der Waals surface area contributed by atoms with Crippen molar-refractivity contribution in [3.8, 4) is 0 Å². The first-order chi connectivity index (χ1) is 7.74. The molecule has 1 aromatic carbocycles. The second-order valence-corrected chi connectivity index (χ2v) is 3.32. The minimum atomic E-state index is 1.17. The first-order valence-corrected chi connectivity index (χ1v) is 5.82. The van der Waals surface area contributed by atoms with Gasteiger partial charge in [0.25, 0.3) is 0 Å². The molecule has 0 saturated carbocycles. The van der Waals surface area contributed by atoms with Crippen LogP contribution in [0, 0.1) is 0 Å². The molecule has 0 atom stereocenters. The number of hydrogen-bond acceptors (Lipinski definition) is 1. The summed E-state index contributed by atoms with van der Waals surface area (Å²) in [6.07, 6.45) is 4.21. The lowest BCUT2D eigenvalue weighted by Crippen LogP contribution is -2.00. The van der Waals surface area contributed by atoms with E-state index in [0.29, 0.717) is 0 Å². The Morgan fingerprint density at radius 3 is 2.06 bits per heavy atom. The molecule has 0 aliphatic carbocycles. The summed E-state index contributed by atoms with van der Waals surface area (Å²) in [5.74, 6) is 0. The van der Waals surface area contributed by atoms with Crippen molar-refractivity contribution in [1.29, 1.82) is 0 Å². The lowest BCUT2D eigenvalue weighted by molar-refractivity contribution is 0.990. The Balaban J connectivity index is 0.00000106. The molecule has 1 heteroatoms. The van der Waals surface area contributed by atoms with Crippen molar-refractivity contribution in [3.05, 3.63) is 53.7 Å². The van der Waals surface area contributed by atoms with Crippen molar-refractivity contribution in [3.63, 3.8) is 0 Å². The van der Waals surface area contributed by atoms with Crippen LogP contribution in [-0.4, -0.2) is 7.05 Å². The minimum absolute atomic E-state index is 1.17. The molecule has 1 aromatic rings. The van der Waals surface area contributed by atoms with Crippen LogP contribution in [0.2, 0.25) is 0 Å². The van der Waals surface area contributed by atoms with Gasteiger partial charge in [-0.25, -0.2) is 0 Å². The zero-order valence-corrected chi connectivity index (χ0v) is 11.0. The zero-order chi connectivity index (χ0) is 12.4. The number of benzene rings is 1. The highest BCUT2D eigenvalue weighted by molar-refractivity contribution is 5.65. The van der Waals surface area contributed by atoms with Gasteiger partial charge in [0.15, 0.2) is 0 Å². The molecule has 0 spiro atoms. The quantitative estimate of drug-likeness (QED) is 0.747. The Morgan fingerprint density at radius 1 is 1.00 bits per heavy atom. The number of allylic oxidation sites excluding steroid dienone is 4. The molecule has 0 aliphatic heterocycles. The summed E-state index contributed by atoms with van der Waals surface area (Å²) in [7, 11) is 1.93. The first kappa shape index (κ1) is 14.5. The lowest BCUT2D eigenvalue weighted by atomic mass is 10.1. The van der Waals surface area contributed by atoms with E-state index in [9.17, 15) is 0 Å². The van der Waals surface area contributed by atoms with Crippen LogP contribution in [0.1, 0.15) is 33.3 Å². The van der Waals surface area contributed by atoms with Gasteiger partial charge in [0.05, 0.1) is 0 Å². The van der Waals surface area contributed by atoms with Gasteiger partial charge in [-0.3, -0.25) is 0 Å². The molecule has 0 aliphatic rings. The Morgan fingerprint density at radius 2 is 1.56 bits per heavy atom. The smallest absolute Gasteiger partial charge is 0.00725 e. The maximum Gasteiger partial charge on any atom is 0.00725 e. The Labute approximate surface area is 99.9 Å². The molecular formula is C15H23N. The van der Waals surface area contributed by atoms with E-state index >= 15 is 0 Å². The molecule has 0 fully saturated rings. The third kappa shape index (κ3) is 5.40. The van der Waals surface area contributed by atoms with E-state index in [0.717, 1.165) is 0 Å². The normalized spacial score (nSPS) is 11.6. The second-order valence-electron chi connectivity index (χ2n) is 3.32. The molecule has 0 bridgehead atoms. The van der Waals surface area contributed by atoms with E-state index in [1.807, 2.05) is 27.0 Å². The van der Waals surface area contributed by atoms with E-state index < -0.39 is 0 Å². The van der Waals surface area contributed by atoms with Gasteiger partial charge < -0.3 is 5.32 Å². The van der Waals surface area contributed by atoms with Gasteiger partial charge in [0.2, 0.25) is 0 Å². The predicted molar refractivity (Wildman–Crippen MR) is 74.3 cm³/mol. The highest BCUT2D eigenvalue weighted by Crippen LogP contribution is 2.12. The molecule has 0 saturated heterocycles. The third-order valence-electron chi connectivity index (χ3n) is 2.21. The van der Waals surface area contributed by atoms with Gasteiger partial charge >= 0.3 is 0 Å². The predicted octanol–water partition coefficient (Wildman–Crippen LogP) is 4.24. The minimum Gasteiger partial charge on any atom is -0.392 e. The summed E-state index contributed by atoms with van der Waals surface area (Å²) in [6.45, 7) is 8.17. The van der Waals surface area contributed by atoms with Crippen LogP contribution in [0.5, 0.6) is 0 Å². The van der Waals surface area contributed by atoms with Gasteiger partial charge in [-0.15, -0.1) is 0 Å². The fourth-order valence-electron chi connectivity index (χ4n) is 1.13. The fraction of sp³-hybridized carbons (Fsp3) is 0.333. The van der Waals surface area contributed by atoms with Crippen molar-refractivity contribution in [2.24, 2.45) is 0 Å². The van der Waals surface area contributed by atoms with Crippen LogP contribution < -0.4 is 5.32 Å². The number of hydrogen-bond donors (Lipinski definition) is 1. The monoisotopic (exact) mass is 217 g/mol. The summed E-state index contributed by atoms with van der Waals surface area (Å²) < 4.78 is 0. The second kappa shape index (κ2) is 8.78. The number of nitrogens with one attached hydrogen (secondary N) is 1. The average Bonchev–Trinajstić information content (AvgIpc) is 2.38. The molecule has 88 valence electrons.